The molecule has 0 amide bonds. The fraction of sp³-hybridized carbons (Fsp3) is 0.455. The van der Waals surface area contributed by atoms with Crippen LogP contribution >= 0.6 is 7.60 Å². The molecule has 5 heteroatoms. The van der Waals surface area contributed by atoms with Gasteiger partial charge < -0.3 is 14.9 Å². The van der Waals surface area contributed by atoms with Crippen molar-refractivity contribution < 1.29 is 19.5 Å². The molecule has 90 valence electrons. The molecule has 0 saturated carbocycles. The lowest BCUT2D eigenvalue weighted by atomic mass is 9.87. The minimum atomic E-state index is -4.22. The molecule has 0 spiro atoms. The SMILES string of the molecule is CC(C)(C)C(c1ccc(O)cc1)P(=O)(O)O. The predicted octanol–water partition coefficient (Wildman–Crippen LogP) is 2.66. The van der Waals surface area contributed by atoms with Crippen LogP contribution in [0.2, 0.25) is 0 Å². The van der Waals surface area contributed by atoms with E-state index < -0.39 is 18.7 Å². The third kappa shape index (κ3) is 3.08. The normalized spacial score (nSPS) is 14.8. The summed E-state index contributed by atoms with van der Waals surface area (Å²) < 4.78 is 11.5. The van der Waals surface area contributed by atoms with Crippen molar-refractivity contribution in [3.63, 3.8) is 0 Å². The third-order valence-electron chi connectivity index (χ3n) is 2.37. The van der Waals surface area contributed by atoms with Gasteiger partial charge in [-0.2, -0.15) is 0 Å². The zero-order valence-electron chi connectivity index (χ0n) is 9.58. The van der Waals surface area contributed by atoms with Crippen LogP contribution in [0.5, 0.6) is 5.75 Å². The highest BCUT2D eigenvalue weighted by Crippen LogP contribution is 2.60. The van der Waals surface area contributed by atoms with Gasteiger partial charge in [-0.15, -0.1) is 0 Å². The predicted molar refractivity (Wildman–Crippen MR) is 62.3 cm³/mol. The molecule has 0 saturated heterocycles. The van der Waals surface area contributed by atoms with Gasteiger partial charge in [-0.3, -0.25) is 4.57 Å². The van der Waals surface area contributed by atoms with Crippen LogP contribution in [0.25, 0.3) is 0 Å². The van der Waals surface area contributed by atoms with E-state index in [9.17, 15) is 14.4 Å². The number of rotatable bonds is 2. The second-order valence-electron chi connectivity index (χ2n) is 4.95. The monoisotopic (exact) mass is 244 g/mol. The van der Waals surface area contributed by atoms with Crippen molar-refractivity contribution in [1.29, 1.82) is 0 Å². The van der Waals surface area contributed by atoms with Gasteiger partial charge in [0.1, 0.15) is 5.75 Å². The molecular formula is C11H17O4P. The molecule has 1 aromatic rings. The Morgan fingerprint density at radius 1 is 1.12 bits per heavy atom. The smallest absolute Gasteiger partial charge is 0.333 e. The maximum Gasteiger partial charge on any atom is 0.333 e. The van der Waals surface area contributed by atoms with Crippen LogP contribution in [0.4, 0.5) is 0 Å². The van der Waals surface area contributed by atoms with Gasteiger partial charge in [-0.1, -0.05) is 32.9 Å². The average Bonchev–Trinajstić information content (AvgIpc) is 2.03. The highest BCUT2D eigenvalue weighted by Gasteiger charge is 2.39. The van der Waals surface area contributed by atoms with E-state index in [4.69, 9.17) is 5.11 Å². The lowest BCUT2D eigenvalue weighted by Crippen LogP contribution is -2.18. The van der Waals surface area contributed by atoms with E-state index in [0.29, 0.717) is 5.56 Å². The molecule has 1 rings (SSSR count). The Morgan fingerprint density at radius 2 is 1.56 bits per heavy atom. The fourth-order valence-electron chi connectivity index (χ4n) is 1.86. The van der Waals surface area contributed by atoms with Crippen molar-refractivity contribution in [2.45, 2.75) is 26.4 Å². The molecular weight excluding hydrogens is 227 g/mol. The van der Waals surface area contributed by atoms with Gasteiger partial charge in [-0.05, 0) is 23.1 Å². The molecule has 0 aliphatic rings. The average molecular weight is 244 g/mol. The zero-order chi connectivity index (χ0) is 12.6. The van der Waals surface area contributed by atoms with Gasteiger partial charge in [0.05, 0.1) is 5.66 Å². The molecule has 0 aliphatic heterocycles. The first-order valence-electron chi connectivity index (χ1n) is 4.96. The molecule has 0 aromatic heterocycles. The summed E-state index contributed by atoms with van der Waals surface area (Å²) in [6.45, 7) is 5.34. The van der Waals surface area contributed by atoms with E-state index in [1.807, 2.05) is 0 Å². The molecule has 0 bridgehead atoms. The van der Waals surface area contributed by atoms with E-state index in [2.05, 4.69) is 0 Å². The van der Waals surface area contributed by atoms with Crippen molar-refractivity contribution in [2.75, 3.05) is 0 Å². The number of aromatic hydroxyl groups is 1. The van der Waals surface area contributed by atoms with Gasteiger partial charge in [0.25, 0.3) is 0 Å². The lowest BCUT2D eigenvalue weighted by Gasteiger charge is -2.31. The highest BCUT2D eigenvalue weighted by atomic mass is 31.2. The number of benzene rings is 1. The van der Waals surface area contributed by atoms with Crippen LogP contribution in [0.1, 0.15) is 32.0 Å². The van der Waals surface area contributed by atoms with E-state index >= 15 is 0 Å². The Labute approximate surface area is 95.1 Å². The summed E-state index contributed by atoms with van der Waals surface area (Å²) in [5.41, 5.74) is -0.866. The fourth-order valence-corrected chi connectivity index (χ4v) is 3.42. The van der Waals surface area contributed by atoms with Gasteiger partial charge in [0, 0.05) is 0 Å². The summed E-state index contributed by atoms with van der Waals surface area (Å²) in [4.78, 5) is 18.8. The Bertz CT molecular complexity index is 399. The van der Waals surface area contributed by atoms with Crippen LogP contribution in [0.3, 0.4) is 0 Å². The van der Waals surface area contributed by atoms with Crippen molar-refractivity contribution >= 4 is 7.60 Å². The maximum atomic E-state index is 11.5. The maximum absolute atomic E-state index is 11.5. The molecule has 0 fully saturated rings. The van der Waals surface area contributed by atoms with E-state index in [1.54, 1.807) is 32.9 Å². The zero-order valence-corrected chi connectivity index (χ0v) is 10.5. The van der Waals surface area contributed by atoms with Crippen molar-refractivity contribution in [1.82, 2.24) is 0 Å². The molecule has 16 heavy (non-hydrogen) atoms. The molecule has 0 heterocycles. The first-order valence-corrected chi connectivity index (χ1v) is 6.64. The van der Waals surface area contributed by atoms with Gasteiger partial charge >= 0.3 is 7.60 Å². The van der Waals surface area contributed by atoms with Gasteiger partial charge in [0.2, 0.25) is 0 Å². The molecule has 4 nitrogen and oxygen atoms in total. The third-order valence-corrected chi connectivity index (χ3v) is 4.11. The van der Waals surface area contributed by atoms with Crippen LogP contribution in [0.15, 0.2) is 24.3 Å². The van der Waals surface area contributed by atoms with Crippen molar-refractivity contribution in [2.24, 2.45) is 5.41 Å². The summed E-state index contributed by atoms with van der Waals surface area (Å²) in [6.07, 6.45) is 0. The van der Waals surface area contributed by atoms with Gasteiger partial charge in [-0.25, -0.2) is 0 Å². The Morgan fingerprint density at radius 3 is 1.88 bits per heavy atom. The van der Waals surface area contributed by atoms with Crippen molar-refractivity contribution in [3.8, 4) is 5.75 Å². The van der Waals surface area contributed by atoms with E-state index in [1.165, 1.54) is 12.1 Å². The van der Waals surface area contributed by atoms with E-state index in [-0.39, 0.29) is 5.75 Å². The molecule has 3 N–H and O–H groups in total. The number of hydrogen-bond donors (Lipinski definition) is 3. The van der Waals surface area contributed by atoms with E-state index in [0.717, 1.165) is 0 Å². The summed E-state index contributed by atoms with van der Waals surface area (Å²) in [5, 5.41) is 9.15. The summed E-state index contributed by atoms with van der Waals surface area (Å²) in [6, 6.07) is 5.96. The van der Waals surface area contributed by atoms with Gasteiger partial charge in [0.15, 0.2) is 0 Å². The van der Waals surface area contributed by atoms with Crippen molar-refractivity contribution in [3.05, 3.63) is 29.8 Å². The first kappa shape index (κ1) is 13.2. The van der Waals surface area contributed by atoms with Crippen LogP contribution in [-0.4, -0.2) is 14.9 Å². The second-order valence-corrected chi connectivity index (χ2v) is 6.64. The van der Waals surface area contributed by atoms with Crippen LogP contribution in [0, 0.1) is 5.41 Å². The molecule has 1 unspecified atom stereocenters. The Kier molecular flexibility index (Phi) is 3.48. The van der Waals surface area contributed by atoms with Crippen LogP contribution in [-0.2, 0) is 4.57 Å². The molecule has 0 aliphatic carbocycles. The summed E-state index contributed by atoms with van der Waals surface area (Å²) in [7, 11) is -4.22. The lowest BCUT2D eigenvalue weighted by molar-refractivity contribution is 0.297. The Hall–Kier alpha value is -0.830. The Balaban J connectivity index is 3.23. The highest BCUT2D eigenvalue weighted by molar-refractivity contribution is 7.52. The quantitative estimate of drug-likeness (QED) is 0.699. The topological polar surface area (TPSA) is 77.8 Å². The summed E-state index contributed by atoms with van der Waals surface area (Å²) >= 11 is 0. The minimum Gasteiger partial charge on any atom is -0.508 e. The number of hydrogen-bond acceptors (Lipinski definition) is 2. The second kappa shape index (κ2) is 4.21. The molecule has 0 radical (unpaired) electrons. The molecule has 1 atom stereocenters. The van der Waals surface area contributed by atoms with Crippen LogP contribution < -0.4 is 0 Å². The minimum absolute atomic E-state index is 0.0853. The largest absolute Gasteiger partial charge is 0.508 e. The summed E-state index contributed by atoms with van der Waals surface area (Å²) in [5.74, 6) is 0.0853. The standard InChI is InChI=1S/C11H17O4P/c1-11(2,3)10(16(13,14)15)8-4-6-9(12)7-5-8/h4-7,10,12H,1-3H3,(H2,13,14,15). The first-order chi connectivity index (χ1) is 7.12. The number of phenols is 1. The number of phenolic OH excluding ortho intramolecular Hbond substituents is 1. The molecule has 1 aromatic carbocycles.